The van der Waals surface area contributed by atoms with Crippen LogP contribution < -0.4 is 5.56 Å². The van der Waals surface area contributed by atoms with Crippen LogP contribution in [0.15, 0.2) is 83.7 Å². The van der Waals surface area contributed by atoms with Gasteiger partial charge in [-0.1, -0.05) is 48.5 Å². The first-order valence-corrected chi connectivity index (χ1v) is 8.72. The minimum Gasteiger partial charge on any atom is -0.478 e. The molecule has 5 heteroatoms. The minimum absolute atomic E-state index is 0.159. The molecule has 0 amide bonds. The second kappa shape index (κ2) is 7.32. The van der Waals surface area contributed by atoms with Crippen molar-refractivity contribution in [3.63, 3.8) is 0 Å². The van der Waals surface area contributed by atoms with Crippen LogP contribution in [0.25, 0.3) is 28.7 Å². The summed E-state index contributed by atoms with van der Waals surface area (Å²) in [5.41, 5.74) is 2.10. The zero-order chi connectivity index (χ0) is 19.5. The monoisotopic (exact) mass is 368 g/mol. The van der Waals surface area contributed by atoms with Crippen LogP contribution in [0.1, 0.15) is 21.7 Å². The highest BCUT2D eigenvalue weighted by Crippen LogP contribution is 2.16. The Bertz CT molecular complexity index is 1240. The van der Waals surface area contributed by atoms with Gasteiger partial charge in [0.15, 0.2) is 0 Å². The lowest BCUT2D eigenvalue weighted by molar-refractivity contribution is 0.0697. The number of carboxylic acids is 1. The fraction of sp³-hybridized carbons (Fsp3) is 0. The number of benzene rings is 3. The Balaban J connectivity index is 1.92. The lowest BCUT2D eigenvalue weighted by Crippen LogP contribution is -2.22. The molecule has 0 unspecified atom stereocenters. The molecule has 1 heterocycles. The van der Waals surface area contributed by atoms with E-state index in [2.05, 4.69) is 4.98 Å². The second-order valence-electron chi connectivity index (χ2n) is 6.22. The average Bonchev–Trinajstić information content (AvgIpc) is 2.73. The van der Waals surface area contributed by atoms with Crippen molar-refractivity contribution in [1.29, 1.82) is 0 Å². The minimum atomic E-state index is -1.01. The van der Waals surface area contributed by atoms with Gasteiger partial charge in [0.05, 0.1) is 22.2 Å². The van der Waals surface area contributed by atoms with E-state index in [1.807, 2.05) is 42.5 Å². The van der Waals surface area contributed by atoms with E-state index in [1.165, 1.54) is 16.7 Å². The van der Waals surface area contributed by atoms with Crippen LogP contribution in [0.2, 0.25) is 0 Å². The molecule has 0 radical (unpaired) electrons. The maximum Gasteiger partial charge on any atom is 0.335 e. The molecule has 4 rings (SSSR count). The predicted molar refractivity (Wildman–Crippen MR) is 110 cm³/mol. The van der Waals surface area contributed by atoms with Gasteiger partial charge in [-0.25, -0.2) is 9.78 Å². The van der Waals surface area contributed by atoms with E-state index in [4.69, 9.17) is 5.11 Å². The molecule has 136 valence electrons. The number of hydrogen-bond acceptors (Lipinski definition) is 3. The molecule has 4 aromatic rings. The highest BCUT2D eigenvalue weighted by molar-refractivity contribution is 5.88. The van der Waals surface area contributed by atoms with Gasteiger partial charge in [0.1, 0.15) is 5.82 Å². The molecular formula is C23H16N2O3. The summed E-state index contributed by atoms with van der Waals surface area (Å²) < 4.78 is 1.49. The summed E-state index contributed by atoms with van der Waals surface area (Å²) in [6.45, 7) is 0. The van der Waals surface area contributed by atoms with Gasteiger partial charge in [-0.3, -0.25) is 9.36 Å². The smallest absolute Gasteiger partial charge is 0.335 e. The fourth-order valence-electron chi connectivity index (χ4n) is 3.00. The Morgan fingerprint density at radius 2 is 1.54 bits per heavy atom. The number of nitrogens with zero attached hydrogens (tertiary/aromatic N) is 2. The second-order valence-corrected chi connectivity index (χ2v) is 6.22. The van der Waals surface area contributed by atoms with Crippen molar-refractivity contribution < 1.29 is 9.90 Å². The summed E-state index contributed by atoms with van der Waals surface area (Å²) in [6.07, 6.45) is 3.67. The summed E-state index contributed by atoms with van der Waals surface area (Å²) in [5, 5.41) is 9.62. The van der Waals surface area contributed by atoms with Crippen molar-refractivity contribution in [3.8, 4) is 5.69 Å². The molecule has 0 aliphatic carbocycles. The molecule has 0 saturated carbocycles. The molecule has 0 bridgehead atoms. The SMILES string of the molecule is O=C(O)c1ccc(-n2c(/C=C\c3ccccc3)nc3ccccc3c2=O)cc1. The molecule has 0 aliphatic heterocycles. The lowest BCUT2D eigenvalue weighted by Gasteiger charge is -2.11. The molecule has 3 aromatic carbocycles. The molecular weight excluding hydrogens is 352 g/mol. The average molecular weight is 368 g/mol. The number of carboxylic acid groups (broad SMARTS) is 1. The molecule has 0 aliphatic rings. The molecule has 0 saturated heterocycles. The van der Waals surface area contributed by atoms with E-state index >= 15 is 0 Å². The zero-order valence-corrected chi connectivity index (χ0v) is 14.8. The third-order valence-electron chi connectivity index (χ3n) is 4.40. The standard InChI is InChI=1S/C23H16N2O3/c26-22-19-8-4-5-9-20(19)24-21(15-10-16-6-2-1-3-7-16)25(22)18-13-11-17(12-14-18)23(27)28/h1-15H,(H,27,28)/b15-10-. The lowest BCUT2D eigenvalue weighted by atomic mass is 10.2. The maximum atomic E-state index is 13.2. The van der Waals surface area contributed by atoms with Gasteiger partial charge in [0.25, 0.3) is 5.56 Å². The van der Waals surface area contributed by atoms with Crippen molar-refractivity contribution in [1.82, 2.24) is 9.55 Å². The Labute approximate surface area is 160 Å². The van der Waals surface area contributed by atoms with Crippen LogP contribution in [-0.4, -0.2) is 20.6 Å². The third kappa shape index (κ3) is 3.33. The van der Waals surface area contributed by atoms with Crippen molar-refractivity contribution in [2.24, 2.45) is 0 Å². The van der Waals surface area contributed by atoms with Crippen LogP contribution in [0, 0.1) is 0 Å². The van der Waals surface area contributed by atoms with Gasteiger partial charge < -0.3 is 5.11 Å². The van der Waals surface area contributed by atoms with Gasteiger partial charge in [-0.15, -0.1) is 0 Å². The van der Waals surface area contributed by atoms with Gasteiger partial charge in [-0.05, 0) is 48.0 Å². The number of aromatic nitrogens is 2. The fourth-order valence-corrected chi connectivity index (χ4v) is 3.00. The molecule has 5 nitrogen and oxygen atoms in total. The van der Waals surface area contributed by atoms with Gasteiger partial charge in [0, 0.05) is 0 Å². The van der Waals surface area contributed by atoms with Crippen molar-refractivity contribution in [2.45, 2.75) is 0 Å². The Kier molecular flexibility index (Phi) is 4.56. The van der Waals surface area contributed by atoms with Crippen molar-refractivity contribution >= 4 is 29.0 Å². The summed E-state index contributed by atoms with van der Waals surface area (Å²) >= 11 is 0. The number of hydrogen-bond donors (Lipinski definition) is 1. The van der Waals surface area contributed by atoms with Gasteiger partial charge in [-0.2, -0.15) is 0 Å². The van der Waals surface area contributed by atoms with Crippen LogP contribution in [0.4, 0.5) is 0 Å². The number of fused-ring (bicyclic) bond motifs is 1. The molecule has 0 atom stereocenters. The highest BCUT2D eigenvalue weighted by Gasteiger charge is 2.12. The largest absolute Gasteiger partial charge is 0.478 e. The molecule has 1 aromatic heterocycles. The van der Waals surface area contributed by atoms with Crippen LogP contribution in [-0.2, 0) is 0 Å². The topological polar surface area (TPSA) is 72.2 Å². The van der Waals surface area contributed by atoms with E-state index in [1.54, 1.807) is 36.4 Å². The first-order valence-electron chi connectivity index (χ1n) is 8.72. The first kappa shape index (κ1) is 17.4. The van der Waals surface area contributed by atoms with E-state index in [0.29, 0.717) is 22.4 Å². The Morgan fingerprint density at radius 3 is 2.25 bits per heavy atom. The normalized spacial score (nSPS) is 11.1. The van der Waals surface area contributed by atoms with E-state index in [9.17, 15) is 9.59 Å². The zero-order valence-electron chi connectivity index (χ0n) is 14.8. The number of carbonyl (C=O) groups is 1. The number of rotatable bonds is 4. The van der Waals surface area contributed by atoms with Gasteiger partial charge >= 0.3 is 5.97 Å². The third-order valence-corrected chi connectivity index (χ3v) is 4.40. The molecule has 0 spiro atoms. The van der Waals surface area contributed by atoms with E-state index in [0.717, 1.165) is 5.56 Å². The molecule has 1 N–H and O–H groups in total. The van der Waals surface area contributed by atoms with Crippen LogP contribution in [0.3, 0.4) is 0 Å². The summed E-state index contributed by atoms with van der Waals surface area (Å²) in [6, 6.07) is 23.1. The van der Waals surface area contributed by atoms with Crippen molar-refractivity contribution in [3.05, 3.63) is 106 Å². The molecule has 0 fully saturated rings. The van der Waals surface area contributed by atoms with E-state index < -0.39 is 5.97 Å². The Morgan fingerprint density at radius 1 is 0.857 bits per heavy atom. The first-order chi connectivity index (χ1) is 13.6. The summed E-state index contributed by atoms with van der Waals surface area (Å²) in [7, 11) is 0. The Hall–Kier alpha value is -3.99. The predicted octanol–water partition coefficient (Wildman–Crippen LogP) is 4.25. The van der Waals surface area contributed by atoms with Crippen molar-refractivity contribution in [2.75, 3.05) is 0 Å². The molecule has 28 heavy (non-hydrogen) atoms. The van der Waals surface area contributed by atoms with Gasteiger partial charge in [0.2, 0.25) is 0 Å². The maximum absolute atomic E-state index is 13.2. The summed E-state index contributed by atoms with van der Waals surface area (Å²) in [5.74, 6) is -0.546. The summed E-state index contributed by atoms with van der Waals surface area (Å²) in [4.78, 5) is 28.9. The van der Waals surface area contributed by atoms with Crippen LogP contribution in [0.5, 0.6) is 0 Å². The van der Waals surface area contributed by atoms with Crippen LogP contribution >= 0.6 is 0 Å². The highest BCUT2D eigenvalue weighted by atomic mass is 16.4. The number of para-hydroxylation sites is 1. The quantitative estimate of drug-likeness (QED) is 0.584. The number of aromatic carboxylic acids is 1. The van der Waals surface area contributed by atoms with E-state index in [-0.39, 0.29) is 11.1 Å².